The van der Waals surface area contributed by atoms with Crippen LogP contribution in [0.15, 0.2) is 42.5 Å². The molecule has 40 heavy (non-hydrogen) atoms. The molecule has 4 atom stereocenters. The highest BCUT2D eigenvalue weighted by molar-refractivity contribution is 6.06. The number of para-hydroxylation sites is 1. The molecule has 3 aromatic rings. The molecule has 5 rings (SSSR count). The van der Waals surface area contributed by atoms with Gasteiger partial charge in [0.1, 0.15) is 5.75 Å². The van der Waals surface area contributed by atoms with Crippen molar-refractivity contribution in [2.24, 2.45) is 22.9 Å². The van der Waals surface area contributed by atoms with Crippen molar-refractivity contribution in [3.05, 3.63) is 53.6 Å². The van der Waals surface area contributed by atoms with E-state index in [9.17, 15) is 9.90 Å². The van der Waals surface area contributed by atoms with Crippen LogP contribution in [0.5, 0.6) is 5.75 Å². The van der Waals surface area contributed by atoms with Gasteiger partial charge in [-0.15, -0.1) is 0 Å². The number of aryl methyl sites for hydroxylation is 1. The third-order valence-electron chi connectivity index (χ3n) is 7.09. The first-order valence-corrected chi connectivity index (χ1v) is 13.4. The van der Waals surface area contributed by atoms with Gasteiger partial charge < -0.3 is 48.5 Å². The lowest BCUT2D eigenvalue weighted by Gasteiger charge is -2.37. The molecule has 2 fully saturated rings. The third kappa shape index (κ3) is 6.39. The average molecular weight is 548 g/mol. The topological polar surface area (TPSA) is 211 Å². The third-order valence-corrected chi connectivity index (χ3v) is 7.09. The van der Waals surface area contributed by atoms with Gasteiger partial charge in [0.2, 0.25) is 17.8 Å². The van der Waals surface area contributed by atoms with E-state index in [1.165, 1.54) is 0 Å². The van der Waals surface area contributed by atoms with Crippen LogP contribution in [0.4, 0.5) is 29.2 Å². The Morgan fingerprint density at radius 3 is 1.82 bits per heavy atom. The molecule has 1 amide bonds. The summed E-state index contributed by atoms with van der Waals surface area (Å²) in [7, 11) is 0. The molecule has 0 radical (unpaired) electrons. The number of nitrogens with zero attached hydrogens (tertiary/aromatic N) is 5. The van der Waals surface area contributed by atoms with Crippen LogP contribution in [-0.2, 0) is 0 Å². The molecule has 0 aliphatic carbocycles. The van der Waals surface area contributed by atoms with Crippen molar-refractivity contribution >= 4 is 35.1 Å². The van der Waals surface area contributed by atoms with Crippen molar-refractivity contribution < 1.29 is 9.90 Å². The Kier molecular flexibility index (Phi) is 7.98. The van der Waals surface area contributed by atoms with E-state index < -0.39 is 5.91 Å². The van der Waals surface area contributed by atoms with Gasteiger partial charge in [0.05, 0.1) is 5.56 Å². The number of benzene rings is 2. The molecule has 11 N–H and O–H groups in total. The maximum atomic E-state index is 12.7. The van der Waals surface area contributed by atoms with Crippen LogP contribution >= 0.6 is 0 Å². The number of phenols is 1. The Labute approximate surface area is 233 Å². The van der Waals surface area contributed by atoms with Crippen molar-refractivity contribution in [2.75, 3.05) is 46.6 Å². The van der Waals surface area contributed by atoms with Gasteiger partial charge in [0.15, 0.2) is 0 Å². The normalized spacial score (nSPS) is 23.1. The highest BCUT2D eigenvalue weighted by Crippen LogP contribution is 2.26. The molecule has 212 valence electrons. The zero-order valence-corrected chi connectivity index (χ0v) is 22.5. The smallest absolute Gasteiger partial charge is 0.259 e. The van der Waals surface area contributed by atoms with Gasteiger partial charge in [-0.05, 0) is 55.7 Å². The van der Waals surface area contributed by atoms with Crippen molar-refractivity contribution in [2.45, 2.75) is 43.9 Å². The fourth-order valence-electron chi connectivity index (χ4n) is 5.18. The van der Waals surface area contributed by atoms with E-state index >= 15 is 0 Å². The Bertz CT molecular complexity index is 1290. The van der Waals surface area contributed by atoms with E-state index in [4.69, 9.17) is 27.9 Å². The summed E-state index contributed by atoms with van der Waals surface area (Å²) in [4.78, 5) is 30.7. The fraction of sp³-hybridized carbons (Fsp3) is 0.407. The number of rotatable bonds is 6. The first-order valence-electron chi connectivity index (χ1n) is 13.4. The van der Waals surface area contributed by atoms with Crippen LogP contribution in [0.3, 0.4) is 0 Å². The molecule has 0 spiro atoms. The maximum absolute atomic E-state index is 12.7. The van der Waals surface area contributed by atoms with Crippen LogP contribution in [0, 0.1) is 6.92 Å². The predicted octanol–water partition coefficient (Wildman–Crippen LogP) is 0.611. The summed E-state index contributed by atoms with van der Waals surface area (Å²) in [6.45, 7) is 4.08. The molecule has 2 saturated heterocycles. The number of anilines is 5. The van der Waals surface area contributed by atoms with Crippen LogP contribution in [0.25, 0.3) is 0 Å². The van der Waals surface area contributed by atoms with Crippen molar-refractivity contribution in [1.82, 2.24) is 15.0 Å². The van der Waals surface area contributed by atoms with Crippen molar-refractivity contribution in [3.8, 4) is 5.75 Å². The van der Waals surface area contributed by atoms with Gasteiger partial charge in [-0.2, -0.15) is 15.0 Å². The SMILES string of the molecule is Cc1cccc(C(=O)Nc2ccc(Nc3nc(N4C[C@H](N)C[C@H](N)C4)nc(N4C[C@H](N)C[C@H](N)C4)n3)cc2)c1O. The molecule has 0 unspecified atom stereocenters. The Balaban J connectivity index is 1.37. The molecule has 0 saturated carbocycles. The van der Waals surface area contributed by atoms with Gasteiger partial charge in [-0.25, -0.2) is 0 Å². The lowest BCUT2D eigenvalue weighted by molar-refractivity contribution is 0.102. The van der Waals surface area contributed by atoms with E-state index in [-0.39, 0.29) is 35.5 Å². The molecular weight excluding hydrogens is 510 g/mol. The van der Waals surface area contributed by atoms with Gasteiger partial charge in [-0.3, -0.25) is 4.79 Å². The standard InChI is InChI=1S/C27H37N11O2/c1-15-3-2-4-22(23(15)39)24(40)32-20-5-7-21(8-6-20)33-25-34-26(37-11-16(28)9-17(29)12-37)36-27(35-25)38-13-18(30)10-19(31)14-38/h2-8,16-19,39H,9-14,28-31H2,1H3,(H,32,40)(H,33,34,35,36)/t16-,17+,18-,19+. The second kappa shape index (κ2) is 11.6. The van der Waals surface area contributed by atoms with Gasteiger partial charge >= 0.3 is 0 Å². The number of carbonyl (C=O) groups is 1. The second-order valence-electron chi connectivity index (χ2n) is 10.7. The van der Waals surface area contributed by atoms with Crippen LogP contribution in [0.1, 0.15) is 28.8 Å². The van der Waals surface area contributed by atoms with Crippen molar-refractivity contribution in [1.29, 1.82) is 0 Å². The number of nitrogens with one attached hydrogen (secondary N) is 2. The number of piperidine rings is 2. The quantitative estimate of drug-likeness (QED) is 0.226. The minimum Gasteiger partial charge on any atom is -0.507 e. The van der Waals surface area contributed by atoms with Crippen LogP contribution in [-0.4, -0.2) is 76.3 Å². The number of aromatic hydroxyl groups is 1. The number of aromatic nitrogens is 3. The van der Waals surface area contributed by atoms with Gasteiger partial charge in [0.25, 0.3) is 5.91 Å². The Morgan fingerprint density at radius 2 is 1.30 bits per heavy atom. The highest BCUT2D eigenvalue weighted by atomic mass is 16.3. The number of amides is 1. The van der Waals surface area contributed by atoms with E-state index in [1.807, 2.05) is 9.80 Å². The Morgan fingerprint density at radius 1 is 0.800 bits per heavy atom. The molecule has 3 heterocycles. The molecule has 2 aliphatic rings. The lowest BCUT2D eigenvalue weighted by Crippen LogP contribution is -2.54. The maximum Gasteiger partial charge on any atom is 0.259 e. The lowest BCUT2D eigenvalue weighted by atomic mass is 10.0. The largest absolute Gasteiger partial charge is 0.507 e. The van der Waals surface area contributed by atoms with E-state index in [2.05, 4.69) is 20.6 Å². The highest BCUT2D eigenvalue weighted by Gasteiger charge is 2.28. The summed E-state index contributed by atoms with van der Waals surface area (Å²) in [5, 5.41) is 16.3. The van der Waals surface area contributed by atoms with Gasteiger partial charge in [-0.1, -0.05) is 12.1 Å². The zero-order valence-electron chi connectivity index (χ0n) is 22.5. The molecule has 1 aromatic heterocycles. The number of carbonyl (C=O) groups excluding carboxylic acids is 1. The number of hydrogen-bond acceptors (Lipinski definition) is 12. The summed E-state index contributed by atoms with van der Waals surface area (Å²) < 4.78 is 0. The van der Waals surface area contributed by atoms with Crippen molar-refractivity contribution in [3.63, 3.8) is 0 Å². The van der Waals surface area contributed by atoms with E-state index in [0.29, 0.717) is 61.0 Å². The minimum atomic E-state index is -0.399. The van der Waals surface area contributed by atoms with E-state index in [0.717, 1.165) is 12.8 Å². The predicted molar refractivity (Wildman–Crippen MR) is 156 cm³/mol. The molecule has 0 bridgehead atoms. The number of nitrogens with two attached hydrogens (primary N) is 4. The summed E-state index contributed by atoms with van der Waals surface area (Å²) in [6, 6.07) is 11.8. The molecule has 13 nitrogen and oxygen atoms in total. The number of hydrogen-bond donors (Lipinski definition) is 7. The van der Waals surface area contributed by atoms with Crippen LogP contribution < -0.4 is 43.4 Å². The summed E-state index contributed by atoms with van der Waals surface area (Å²) in [6.07, 6.45) is 1.48. The van der Waals surface area contributed by atoms with Crippen LogP contribution in [0.2, 0.25) is 0 Å². The fourth-order valence-corrected chi connectivity index (χ4v) is 5.18. The molecule has 2 aliphatic heterocycles. The second-order valence-corrected chi connectivity index (χ2v) is 10.7. The monoisotopic (exact) mass is 547 g/mol. The molecular formula is C27H37N11O2. The zero-order chi connectivity index (χ0) is 28.4. The summed E-state index contributed by atoms with van der Waals surface area (Å²) in [5.41, 5.74) is 27.1. The van der Waals surface area contributed by atoms with E-state index in [1.54, 1.807) is 49.4 Å². The number of phenolic OH excluding ortho intramolecular Hbond substituents is 1. The van der Waals surface area contributed by atoms with Gasteiger partial charge in [0, 0.05) is 61.7 Å². The first kappa shape index (κ1) is 27.5. The first-order chi connectivity index (χ1) is 19.1. The summed E-state index contributed by atoms with van der Waals surface area (Å²) in [5.74, 6) is 0.873. The molecule has 2 aromatic carbocycles. The molecule has 13 heteroatoms. The average Bonchev–Trinajstić information content (AvgIpc) is 2.90. The minimum absolute atomic E-state index is 0.0361. The Hall–Kier alpha value is -4.04. The summed E-state index contributed by atoms with van der Waals surface area (Å²) >= 11 is 0.